The maximum Gasteiger partial charge on any atom is 0.226 e. The number of piperidine rings is 1. The fraction of sp³-hybridized carbons (Fsp3) is 0.609. The van der Waals surface area contributed by atoms with Gasteiger partial charge in [0.25, 0.3) is 0 Å². The number of fused-ring (bicyclic) bond motifs is 3. The molecule has 3 fully saturated rings. The van der Waals surface area contributed by atoms with Crippen LogP contribution in [0.5, 0.6) is 0 Å². The predicted molar refractivity (Wildman–Crippen MR) is 108 cm³/mol. The van der Waals surface area contributed by atoms with E-state index in [0.29, 0.717) is 23.8 Å². The Balaban J connectivity index is 1.39. The smallest absolute Gasteiger partial charge is 0.226 e. The fourth-order valence-corrected chi connectivity index (χ4v) is 6.02. The van der Waals surface area contributed by atoms with Crippen molar-refractivity contribution in [2.45, 2.75) is 63.5 Å². The van der Waals surface area contributed by atoms with Gasteiger partial charge in [-0.3, -0.25) is 4.79 Å². The van der Waals surface area contributed by atoms with E-state index in [0.717, 1.165) is 32.2 Å². The van der Waals surface area contributed by atoms with Crippen molar-refractivity contribution in [1.29, 1.82) is 0 Å². The van der Waals surface area contributed by atoms with Gasteiger partial charge in [-0.15, -0.1) is 0 Å². The monoisotopic (exact) mass is 365 g/mol. The van der Waals surface area contributed by atoms with E-state index in [1.165, 1.54) is 42.3 Å². The molecular weight excluding hydrogens is 334 g/mol. The van der Waals surface area contributed by atoms with E-state index < -0.39 is 0 Å². The van der Waals surface area contributed by atoms with Gasteiger partial charge in [0, 0.05) is 29.7 Å². The summed E-state index contributed by atoms with van der Waals surface area (Å²) in [5, 5.41) is 1.24. The summed E-state index contributed by atoms with van der Waals surface area (Å²) in [6, 6.07) is 11.2. The minimum absolute atomic E-state index is 0.185. The van der Waals surface area contributed by atoms with Gasteiger partial charge in [0.05, 0.1) is 6.04 Å². The van der Waals surface area contributed by atoms with Crippen molar-refractivity contribution in [1.82, 2.24) is 9.88 Å². The highest BCUT2D eigenvalue weighted by Gasteiger charge is 2.43. The molecule has 2 bridgehead atoms. The summed E-state index contributed by atoms with van der Waals surface area (Å²) >= 11 is 0. The molecule has 27 heavy (non-hydrogen) atoms. The van der Waals surface area contributed by atoms with Crippen LogP contribution in [0, 0.1) is 17.8 Å². The van der Waals surface area contributed by atoms with Gasteiger partial charge in [0.2, 0.25) is 5.91 Å². The van der Waals surface area contributed by atoms with Gasteiger partial charge >= 0.3 is 0 Å². The van der Waals surface area contributed by atoms with Crippen molar-refractivity contribution in [3.05, 3.63) is 36.0 Å². The van der Waals surface area contributed by atoms with Crippen molar-refractivity contribution in [2.75, 3.05) is 6.54 Å². The summed E-state index contributed by atoms with van der Waals surface area (Å²) in [4.78, 5) is 19.3. The zero-order chi connectivity index (χ0) is 18.4. The molecule has 3 N–H and O–H groups in total. The summed E-state index contributed by atoms with van der Waals surface area (Å²) in [7, 11) is 0. The van der Waals surface area contributed by atoms with Crippen LogP contribution >= 0.6 is 0 Å². The SMILES string of the molecule is NC1C2CCCC1CC(C(=O)N1CCCCC1c1cc3ccccc3[nH]1)C2. The maximum atomic E-state index is 13.6. The molecule has 5 rings (SSSR count). The Labute approximate surface area is 161 Å². The van der Waals surface area contributed by atoms with Crippen molar-refractivity contribution >= 4 is 16.8 Å². The predicted octanol–water partition coefficient (Wildman–Crippen LogP) is 4.38. The van der Waals surface area contributed by atoms with Crippen molar-refractivity contribution in [2.24, 2.45) is 23.5 Å². The number of rotatable bonds is 2. The number of likely N-dealkylation sites (tertiary alicyclic amines) is 1. The van der Waals surface area contributed by atoms with E-state index in [9.17, 15) is 4.79 Å². The molecule has 4 nitrogen and oxygen atoms in total. The minimum atomic E-state index is 0.185. The molecule has 2 heterocycles. The molecule has 3 aliphatic rings. The summed E-state index contributed by atoms with van der Waals surface area (Å²) in [5.41, 5.74) is 8.83. The highest BCUT2D eigenvalue weighted by atomic mass is 16.2. The van der Waals surface area contributed by atoms with Crippen LogP contribution in [0.3, 0.4) is 0 Å². The van der Waals surface area contributed by atoms with Crippen LogP contribution in [0.15, 0.2) is 30.3 Å². The normalized spacial score (nSPS) is 34.0. The number of carbonyl (C=O) groups excluding carboxylic acids is 1. The van der Waals surface area contributed by atoms with Crippen LogP contribution < -0.4 is 5.73 Å². The Kier molecular flexibility index (Phi) is 4.47. The highest BCUT2D eigenvalue weighted by molar-refractivity contribution is 5.82. The lowest BCUT2D eigenvalue weighted by atomic mass is 9.64. The molecule has 0 radical (unpaired) electrons. The second-order valence-corrected chi connectivity index (χ2v) is 9.05. The molecule has 144 valence electrons. The molecule has 3 atom stereocenters. The first-order valence-corrected chi connectivity index (χ1v) is 10.8. The van der Waals surface area contributed by atoms with Gasteiger partial charge in [-0.1, -0.05) is 24.6 Å². The quantitative estimate of drug-likeness (QED) is 0.830. The van der Waals surface area contributed by atoms with Crippen molar-refractivity contribution < 1.29 is 4.79 Å². The second-order valence-electron chi connectivity index (χ2n) is 9.05. The van der Waals surface area contributed by atoms with E-state index >= 15 is 0 Å². The number of nitrogens with two attached hydrogens (primary N) is 1. The van der Waals surface area contributed by atoms with E-state index in [2.05, 4.69) is 40.2 Å². The molecule has 1 amide bonds. The zero-order valence-electron chi connectivity index (χ0n) is 16.1. The molecule has 2 aliphatic carbocycles. The van der Waals surface area contributed by atoms with Gasteiger partial charge in [-0.25, -0.2) is 0 Å². The Morgan fingerprint density at radius 2 is 1.81 bits per heavy atom. The van der Waals surface area contributed by atoms with E-state index in [1.54, 1.807) is 0 Å². The third kappa shape index (κ3) is 3.08. The lowest BCUT2D eigenvalue weighted by Crippen LogP contribution is -2.50. The van der Waals surface area contributed by atoms with Gasteiger partial charge in [-0.05, 0) is 74.3 Å². The Hall–Kier alpha value is -1.81. The first-order chi connectivity index (χ1) is 13.2. The summed E-state index contributed by atoms with van der Waals surface area (Å²) in [5.74, 6) is 1.69. The molecule has 1 saturated heterocycles. The van der Waals surface area contributed by atoms with Gasteiger partial charge < -0.3 is 15.6 Å². The molecule has 2 saturated carbocycles. The standard InChI is InChI=1S/C23H31N3O/c24-22-16-7-5-8-17(22)13-18(12-16)23(27)26-11-4-3-10-21(26)20-14-15-6-1-2-9-19(15)25-20/h1-2,6,9,14,16-18,21-22,25H,3-5,7-8,10-13,24H2. The number of nitrogens with one attached hydrogen (secondary N) is 1. The number of nitrogens with zero attached hydrogens (tertiary/aromatic N) is 1. The van der Waals surface area contributed by atoms with Gasteiger partial charge in [0.1, 0.15) is 0 Å². The first kappa shape index (κ1) is 17.3. The Morgan fingerprint density at radius 1 is 1.04 bits per heavy atom. The average molecular weight is 366 g/mol. The van der Waals surface area contributed by atoms with E-state index in [1.807, 2.05) is 0 Å². The number of para-hydroxylation sites is 1. The fourth-order valence-electron chi connectivity index (χ4n) is 6.02. The Morgan fingerprint density at radius 3 is 2.59 bits per heavy atom. The molecule has 1 aromatic heterocycles. The zero-order valence-corrected chi connectivity index (χ0v) is 16.1. The second kappa shape index (κ2) is 6.97. The lowest BCUT2D eigenvalue weighted by Gasteiger charge is -2.46. The van der Waals surface area contributed by atoms with E-state index in [4.69, 9.17) is 5.73 Å². The number of aromatic amines is 1. The average Bonchev–Trinajstić information content (AvgIpc) is 3.11. The number of amides is 1. The number of benzene rings is 1. The number of aromatic nitrogens is 1. The lowest BCUT2D eigenvalue weighted by molar-refractivity contribution is -0.142. The molecule has 1 aromatic carbocycles. The molecule has 0 spiro atoms. The minimum Gasteiger partial charge on any atom is -0.357 e. The molecule has 4 heteroatoms. The summed E-state index contributed by atoms with van der Waals surface area (Å²) in [6.07, 6.45) is 9.13. The van der Waals surface area contributed by atoms with Crippen LogP contribution in [-0.4, -0.2) is 28.4 Å². The third-order valence-corrected chi connectivity index (χ3v) is 7.46. The van der Waals surface area contributed by atoms with Gasteiger partial charge in [-0.2, -0.15) is 0 Å². The summed E-state index contributed by atoms with van der Waals surface area (Å²) in [6.45, 7) is 0.900. The maximum absolute atomic E-state index is 13.6. The Bertz CT molecular complexity index is 781. The molecule has 1 aliphatic heterocycles. The molecule has 2 aromatic rings. The molecule has 3 unspecified atom stereocenters. The molecular formula is C23H31N3O. The van der Waals surface area contributed by atoms with Crippen molar-refractivity contribution in [3.63, 3.8) is 0 Å². The number of H-pyrrole nitrogens is 1. The third-order valence-electron chi connectivity index (χ3n) is 7.46. The largest absolute Gasteiger partial charge is 0.357 e. The number of carbonyl (C=O) groups is 1. The first-order valence-electron chi connectivity index (χ1n) is 10.8. The highest BCUT2D eigenvalue weighted by Crippen LogP contribution is 2.44. The number of hydrogen-bond acceptors (Lipinski definition) is 2. The van der Waals surface area contributed by atoms with Crippen LogP contribution in [0.4, 0.5) is 0 Å². The van der Waals surface area contributed by atoms with Crippen LogP contribution in [0.1, 0.15) is 63.1 Å². The summed E-state index contributed by atoms with van der Waals surface area (Å²) < 4.78 is 0. The van der Waals surface area contributed by atoms with Crippen molar-refractivity contribution in [3.8, 4) is 0 Å². The topological polar surface area (TPSA) is 62.1 Å². The van der Waals surface area contributed by atoms with Crippen LogP contribution in [-0.2, 0) is 4.79 Å². The number of hydrogen-bond donors (Lipinski definition) is 2. The van der Waals surface area contributed by atoms with Crippen LogP contribution in [0.2, 0.25) is 0 Å². The van der Waals surface area contributed by atoms with Crippen LogP contribution in [0.25, 0.3) is 10.9 Å². The van der Waals surface area contributed by atoms with Gasteiger partial charge in [0.15, 0.2) is 0 Å². The van der Waals surface area contributed by atoms with E-state index in [-0.39, 0.29) is 12.0 Å².